The number of hydrogen-bond donors (Lipinski definition) is 3. The first-order valence-electron chi connectivity index (χ1n) is 0.775. The smallest absolute Gasteiger partial charge is 1.00 e. The van der Waals surface area contributed by atoms with Crippen molar-refractivity contribution in [3.8, 4) is 0 Å². The van der Waals surface area contributed by atoms with E-state index in [1.165, 1.54) is 0 Å². The monoisotopic (exact) mass is 187 g/mol. The van der Waals surface area contributed by atoms with E-state index in [9.17, 15) is 0 Å². The van der Waals surface area contributed by atoms with Crippen molar-refractivity contribution in [1.82, 2.24) is 0 Å². The van der Waals surface area contributed by atoms with Gasteiger partial charge in [-0.25, -0.2) is 0 Å². The van der Waals surface area contributed by atoms with Crippen LogP contribution in [0.5, 0.6) is 0 Å². The minimum Gasteiger partial charge on any atom is -1.00 e. The van der Waals surface area contributed by atoms with Gasteiger partial charge >= 0.3 is 26.2 Å². The van der Waals surface area contributed by atoms with E-state index in [0.717, 1.165) is 0 Å². The van der Waals surface area contributed by atoms with Crippen molar-refractivity contribution in [2.24, 2.45) is 0 Å². The van der Waals surface area contributed by atoms with E-state index in [4.69, 9.17) is 15.1 Å². The summed E-state index contributed by atoms with van der Waals surface area (Å²) in [4.78, 5) is 0. The molecule has 0 aliphatic rings. The van der Waals surface area contributed by atoms with Crippen molar-refractivity contribution in [2.75, 3.05) is 0 Å². The molecule has 0 atom stereocenters. The van der Waals surface area contributed by atoms with Crippen LogP contribution in [0.4, 0.5) is 0 Å². The predicted octanol–water partition coefficient (Wildman–Crippen LogP) is -4.94. The molecule has 3 nitrogen and oxygen atoms in total. The van der Waals surface area contributed by atoms with Crippen LogP contribution in [0.15, 0.2) is 0 Å². The summed E-state index contributed by atoms with van der Waals surface area (Å²) in [5.74, 6) is 0. The van der Waals surface area contributed by atoms with Gasteiger partial charge in [-0.2, -0.15) is 0 Å². The molecule has 7 heavy (non-hydrogen) atoms. The summed E-state index contributed by atoms with van der Waals surface area (Å²) in [5.41, 5.74) is 0. The van der Waals surface area contributed by atoms with E-state index in [-0.39, 0.29) is 53.6 Å². The summed E-state index contributed by atoms with van der Waals surface area (Å²) in [6.45, 7) is 0. The van der Waals surface area contributed by atoms with Gasteiger partial charge in [0.2, 0.25) is 0 Å². The van der Waals surface area contributed by atoms with Gasteiger partial charge in [0.1, 0.15) is 0 Å². The van der Waals surface area contributed by atoms with Crippen LogP contribution >= 0.6 is 0 Å². The normalized spacial score (nSPS) is 3.86. The summed E-state index contributed by atoms with van der Waals surface area (Å²) in [7, 11) is -2.17. The number of rotatable bonds is 0. The van der Waals surface area contributed by atoms with Crippen molar-refractivity contribution in [2.45, 2.75) is 0 Å². The quantitative estimate of drug-likeness (QED) is 0.333. The van der Waals surface area contributed by atoms with Gasteiger partial charge in [0.05, 0.1) is 0 Å². The molecule has 0 fully saturated rings. The van der Waals surface area contributed by atoms with E-state index in [1.54, 1.807) is 0 Å². The van der Waals surface area contributed by atoms with Crippen LogP contribution < -0.4 is 18.9 Å². The Morgan fingerprint density at radius 1 is 1.14 bits per heavy atom. The fourth-order valence-corrected chi connectivity index (χ4v) is 0. The third-order valence-electron chi connectivity index (χ3n) is 0. The summed E-state index contributed by atoms with van der Waals surface area (Å²) in [6.07, 6.45) is 0. The summed E-state index contributed by atoms with van der Waals surface area (Å²) < 4.78 is 0. The number of hydrogen-bond acceptors (Lipinski definition) is 3. The molecule has 0 heterocycles. The summed E-state index contributed by atoms with van der Waals surface area (Å²) >= 11 is 0. The zero-order chi connectivity index (χ0) is 3.58. The van der Waals surface area contributed by atoms with Crippen LogP contribution in [0.25, 0.3) is 0 Å². The third kappa shape index (κ3) is 97.4. The second-order valence-electron chi connectivity index (χ2n) is 0.346. The maximum absolute atomic E-state index is 7.17. The topological polar surface area (TPSA) is 60.7 Å². The minimum atomic E-state index is -2.17. The third-order valence-corrected chi connectivity index (χ3v) is 0. The van der Waals surface area contributed by atoms with E-state index in [2.05, 4.69) is 0 Å². The maximum atomic E-state index is 7.17. The average molecular weight is 187 g/mol. The van der Waals surface area contributed by atoms with E-state index >= 15 is 0 Å². The molecule has 0 amide bonds. The standard InChI is InChI=1S/BH3O3.Co.Li.Ni.H/c2-1(3)4;;;;/h2-4H;;;;/q;;+1;;-1. The second-order valence-corrected chi connectivity index (χ2v) is 0.346. The van der Waals surface area contributed by atoms with Crippen molar-refractivity contribution in [3.05, 3.63) is 0 Å². The molecule has 0 aliphatic carbocycles. The molecular formula is H4BCoLiNiO3. The van der Waals surface area contributed by atoms with Gasteiger partial charge in [-0.15, -0.1) is 0 Å². The minimum absolute atomic E-state index is 0. The van der Waals surface area contributed by atoms with Crippen LogP contribution in [-0.2, 0) is 33.3 Å². The molecule has 0 aromatic rings. The molecule has 0 saturated carbocycles. The molecule has 0 spiro atoms. The average Bonchev–Trinajstić information content (AvgIpc) is 0.811. The van der Waals surface area contributed by atoms with Gasteiger partial charge in [-0.05, 0) is 0 Å². The zero-order valence-electron chi connectivity index (χ0n) is 4.57. The van der Waals surface area contributed by atoms with Crippen LogP contribution in [0.3, 0.4) is 0 Å². The second kappa shape index (κ2) is 15.6. The first-order chi connectivity index (χ1) is 1.73. The molecule has 0 unspecified atom stereocenters. The Morgan fingerprint density at radius 3 is 1.14 bits per heavy atom. The van der Waals surface area contributed by atoms with Crippen LogP contribution in [0.1, 0.15) is 1.43 Å². The Bertz CT molecular complexity index is 24.0. The molecule has 7 heteroatoms. The summed E-state index contributed by atoms with van der Waals surface area (Å²) in [5, 5.41) is 21.5. The molecule has 0 bridgehead atoms. The molecule has 1 radical (unpaired) electrons. The molecule has 45 valence electrons. The van der Waals surface area contributed by atoms with Gasteiger partial charge in [0.25, 0.3) is 0 Å². The van der Waals surface area contributed by atoms with Gasteiger partial charge in [0.15, 0.2) is 0 Å². The van der Waals surface area contributed by atoms with Crippen LogP contribution in [0, 0.1) is 0 Å². The molecule has 0 saturated heterocycles. The van der Waals surface area contributed by atoms with Crippen molar-refractivity contribution < 1.29 is 68.6 Å². The van der Waals surface area contributed by atoms with E-state index in [1.807, 2.05) is 0 Å². The van der Waals surface area contributed by atoms with Gasteiger partial charge in [0, 0.05) is 33.3 Å². The van der Waals surface area contributed by atoms with Gasteiger partial charge in [-0.1, -0.05) is 0 Å². The SMILES string of the molecule is OB(O)O.[Co].[H-].[Li+].[Ni]. The first kappa shape index (κ1) is 23.6. The summed E-state index contributed by atoms with van der Waals surface area (Å²) in [6, 6.07) is 0. The van der Waals surface area contributed by atoms with Crippen molar-refractivity contribution >= 4 is 7.32 Å². The molecule has 0 aromatic carbocycles. The van der Waals surface area contributed by atoms with E-state index < -0.39 is 7.32 Å². The molecule has 0 aliphatic heterocycles. The zero-order valence-corrected chi connectivity index (χ0v) is 5.60. The maximum Gasteiger partial charge on any atom is 1.00 e. The van der Waals surface area contributed by atoms with Crippen molar-refractivity contribution in [1.29, 1.82) is 0 Å². The Hall–Kier alpha value is 1.54. The Kier molecular flexibility index (Phi) is 52.6. The van der Waals surface area contributed by atoms with Crippen molar-refractivity contribution in [3.63, 3.8) is 0 Å². The first-order valence-corrected chi connectivity index (χ1v) is 0.775. The Balaban J connectivity index is -0.00000000750. The Labute approximate surface area is 75.8 Å². The molecule has 3 N–H and O–H groups in total. The fraction of sp³-hybridized carbons (Fsp3) is 0. The van der Waals surface area contributed by atoms with Crippen LogP contribution in [-0.4, -0.2) is 22.4 Å². The fourth-order valence-electron chi connectivity index (χ4n) is 0. The molecule has 0 aromatic heterocycles. The van der Waals surface area contributed by atoms with E-state index in [0.29, 0.717) is 0 Å². The van der Waals surface area contributed by atoms with Gasteiger partial charge in [-0.3, -0.25) is 0 Å². The van der Waals surface area contributed by atoms with Gasteiger partial charge < -0.3 is 16.5 Å². The van der Waals surface area contributed by atoms with Crippen LogP contribution in [0.2, 0.25) is 0 Å². The predicted molar refractivity (Wildman–Crippen MR) is 13.5 cm³/mol. The largest absolute Gasteiger partial charge is 1.00 e. The molecule has 0 rings (SSSR count). The Morgan fingerprint density at radius 2 is 1.14 bits per heavy atom. The molecular weight excluding hydrogens is 183 g/mol.